The van der Waals surface area contributed by atoms with Gasteiger partial charge in [0.2, 0.25) is 0 Å². The van der Waals surface area contributed by atoms with E-state index in [9.17, 15) is 171 Å². The molecule has 349 valence electrons. The van der Waals surface area contributed by atoms with Crippen molar-refractivity contribution in [3.8, 4) is 0 Å². The van der Waals surface area contributed by atoms with Crippen LogP contribution in [0.5, 0.6) is 0 Å². The highest BCUT2D eigenvalue weighted by atomic mass is 19.4. The zero-order valence-electron chi connectivity index (χ0n) is 24.2. The Morgan fingerprint density at radius 1 is 0.155 bits per heavy atom. The molecule has 0 saturated carbocycles. The molecule has 1 radical (unpaired) electrons. The van der Waals surface area contributed by atoms with E-state index < -0.39 is 113 Å². The summed E-state index contributed by atoms with van der Waals surface area (Å²) < 4.78 is 519. The van der Waals surface area contributed by atoms with Gasteiger partial charge in [0.25, 0.3) is 0 Å². The normalized spacial score (nSPS) is 17.4. The molecule has 0 N–H and O–H groups in total. The Hall–Kier alpha value is -2.73. The third-order valence-corrected chi connectivity index (χ3v) is 6.90. The van der Waals surface area contributed by atoms with E-state index in [0.717, 1.165) is 0 Å². The van der Waals surface area contributed by atoms with Gasteiger partial charge in [-0.05, 0) is 0 Å². The van der Waals surface area contributed by atoms with E-state index in [4.69, 9.17) is 0 Å². The van der Waals surface area contributed by atoms with Gasteiger partial charge in [-0.1, -0.05) is 0 Å². The first kappa shape index (κ1) is 55.3. The van der Waals surface area contributed by atoms with Crippen LogP contribution in [-0.4, -0.2) is 107 Å². The standard InChI is InChI=1S/C19F39/c20-1(21)2(22,23)3(24,25)4(26,27)5(28,29)6(30,31)7(32,33)8(34,35)9(36,37)10(38,39)11(40,41)12(42,43)13(44,45)14(46,47)15(48,49)16(50,51)17(52,53)18(54,55)19(56,57)58. The third kappa shape index (κ3) is 5.96. The van der Waals surface area contributed by atoms with Crippen molar-refractivity contribution in [1.29, 1.82) is 0 Å². The van der Waals surface area contributed by atoms with Crippen LogP contribution in [0.3, 0.4) is 0 Å². The summed E-state index contributed by atoms with van der Waals surface area (Å²) >= 11 is 0. The van der Waals surface area contributed by atoms with E-state index in [1.807, 2.05) is 0 Å². The molecule has 0 atom stereocenters. The molecule has 0 nitrogen and oxygen atoms in total. The maximum Gasteiger partial charge on any atom is 0.460 e. The molecule has 0 aliphatic heterocycles. The van der Waals surface area contributed by atoms with Gasteiger partial charge in [-0.15, -0.1) is 0 Å². The van der Waals surface area contributed by atoms with Crippen LogP contribution >= 0.6 is 0 Å². The van der Waals surface area contributed by atoms with Crippen molar-refractivity contribution in [2.24, 2.45) is 0 Å². The van der Waals surface area contributed by atoms with Crippen LogP contribution < -0.4 is 0 Å². The third-order valence-electron chi connectivity index (χ3n) is 6.90. The molecule has 0 fully saturated rings. The van der Waals surface area contributed by atoms with Crippen LogP contribution in [0.15, 0.2) is 0 Å². The summed E-state index contributed by atoms with van der Waals surface area (Å²) in [5.41, 5.74) is 0. The molecule has 0 spiro atoms. The Morgan fingerprint density at radius 3 is 0.362 bits per heavy atom. The molecule has 0 aliphatic rings. The zero-order valence-corrected chi connectivity index (χ0v) is 24.2. The lowest BCUT2D eigenvalue weighted by molar-refractivity contribution is -0.493. The Bertz CT molecular complexity index is 1480. The Labute approximate surface area is 286 Å². The largest absolute Gasteiger partial charge is 0.460 e. The smallest absolute Gasteiger partial charge is 0.192 e. The van der Waals surface area contributed by atoms with Crippen LogP contribution in [0.25, 0.3) is 0 Å². The fourth-order valence-electron chi connectivity index (χ4n) is 3.25. The minimum Gasteiger partial charge on any atom is -0.192 e. The number of hydrogen-bond donors (Lipinski definition) is 0. The summed E-state index contributed by atoms with van der Waals surface area (Å²) in [6, 6.07) is 0. The van der Waals surface area contributed by atoms with Crippen molar-refractivity contribution in [2.75, 3.05) is 0 Å². The molecule has 0 aliphatic carbocycles. The molecule has 0 rings (SSSR count). The molecule has 0 aromatic heterocycles. The average molecular weight is 969 g/mol. The van der Waals surface area contributed by atoms with Gasteiger partial charge in [-0.25, -0.2) is 0 Å². The van der Waals surface area contributed by atoms with Gasteiger partial charge in [0.1, 0.15) is 0 Å². The minimum absolute atomic E-state index is 5.65. The number of hydrogen-bond acceptors (Lipinski definition) is 0. The van der Waals surface area contributed by atoms with Crippen molar-refractivity contribution in [3.63, 3.8) is 0 Å². The number of alkyl halides is 37. The summed E-state index contributed by atoms with van der Waals surface area (Å²) in [5, 5.41) is 0. The Kier molecular flexibility index (Phi) is 12.5. The lowest BCUT2D eigenvalue weighted by Crippen LogP contribution is -2.80. The number of halogens is 39. The van der Waals surface area contributed by atoms with Gasteiger partial charge in [-0.3, -0.25) is 0 Å². The van der Waals surface area contributed by atoms with Crippen molar-refractivity contribution in [2.45, 2.75) is 107 Å². The van der Waals surface area contributed by atoms with Gasteiger partial charge in [0.15, 0.2) is 0 Å². The lowest BCUT2D eigenvalue weighted by Gasteiger charge is -2.47. The minimum atomic E-state index is -10.5. The first-order valence-electron chi connectivity index (χ1n) is 11.9. The predicted octanol–water partition coefficient (Wildman–Crippen LogP) is 12.8. The summed E-state index contributed by atoms with van der Waals surface area (Å²) in [5.74, 6) is -169. The van der Waals surface area contributed by atoms with Crippen molar-refractivity contribution < 1.29 is 171 Å². The first-order chi connectivity index (χ1) is 24.2. The SMILES string of the molecule is F[C](F)C(F)(F)C(F)(F)C(F)(F)C(F)(F)C(F)(F)C(F)(F)C(F)(F)C(F)(F)C(F)(F)C(F)(F)C(F)(F)C(F)(F)C(F)(F)C(F)(F)C(F)(F)C(F)(F)C(F)(F)C(F)(F)F. The van der Waals surface area contributed by atoms with Crippen LogP contribution in [0, 0.1) is 6.43 Å². The molecule has 0 saturated heterocycles. The zero-order chi connectivity index (χ0) is 48.6. The summed E-state index contributed by atoms with van der Waals surface area (Å²) in [7, 11) is 0. The van der Waals surface area contributed by atoms with Crippen LogP contribution in [0.1, 0.15) is 0 Å². The highest BCUT2D eigenvalue weighted by molar-refractivity contribution is 5.23. The average Bonchev–Trinajstić information content (AvgIpc) is 2.98. The summed E-state index contributed by atoms with van der Waals surface area (Å²) in [6.07, 6.45) is -14.1. The fourth-order valence-corrected chi connectivity index (χ4v) is 3.25. The molecule has 0 heterocycles. The summed E-state index contributed by atoms with van der Waals surface area (Å²) in [6.45, 7) is 0. The highest BCUT2D eigenvalue weighted by Crippen LogP contribution is 2.71. The topological polar surface area (TPSA) is 0 Å². The van der Waals surface area contributed by atoms with Gasteiger partial charge < -0.3 is 0 Å². The maximum atomic E-state index is 13.8. The van der Waals surface area contributed by atoms with Crippen molar-refractivity contribution in [1.82, 2.24) is 0 Å². The molecule has 0 amide bonds. The van der Waals surface area contributed by atoms with E-state index >= 15 is 0 Å². The molecule has 0 unspecified atom stereocenters. The van der Waals surface area contributed by atoms with Crippen molar-refractivity contribution >= 4 is 0 Å². The van der Waals surface area contributed by atoms with Crippen LogP contribution in [0.4, 0.5) is 171 Å². The molecule has 0 bridgehead atoms. The Morgan fingerprint density at radius 2 is 0.259 bits per heavy atom. The number of rotatable bonds is 17. The van der Waals surface area contributed by atoms with Crippen LogP contribution in [-0.2, 0) is 0 Å². The molecular formula is C19F39. The monoisotopic (exact) mass is 969 g/mol. The molecule has 58 heavy (non-hydrogen) atoms. The maximum absolute atomic E-state index is 13.8. The van der Waals surface area contributed by atoms with Gasteiger partial charge >= 0.3 is 113 Å². The van der Waals surface area contributed by atoms with Gasteiger partial charge in [0.05, 0.1) is 0 Å². The Balaban J connectivity index is 7.89. The second kappa shape index (κ2) is 13.1. The van der Waals surface area contributed by atoms with Crippen molar-refractivity contribution in [3.05, 3.63) is 6.43 Å². The second-order valence-electron chi connectivity index (χ2n) is 10.5. The van der Waals surface area contributed by atoms with Crippen LogP contribution in [0.2, 0.25) is 0 Å². The van der Waals surface area contributed by atoms with Gasteiger partial charge in [0, 0.05) is 0 Å². The molecular weight excluding hydrogens is 969 g/mol. The lowest BCUT2D eigenvalue weighted by atomic mass is 9.82. The van der Waals surface area contributed by atoms with E-state index in [2.05, 4.69) is 0 Å². The second-order valence-corrected chi connectivity index (χ2v) is 10.5. The molecule has 0 aromatic rings. The quantitative estimate of drug-likeness (QED) is 0.127. The van der Waals surface area contributed by atoms with E-state index in [1.54, 1.807) is 0 Å². The van der Waals surface area contributed by atoms with Gasteiger partial charge in [-0.2, -0.15) is 171 Å². The predicted molar refractivity (Wildman–Crippen MR) is 95.6 cm³/mol. The van der Waals surface area contributed by atoms with E-state index in [1.165, 1.54) is 0 Å². The highest BCUT2D eigenvalue weighted by Gasteiger charge is 3.02. The first-order valence-corrected chi connectivity index (χ1v) is 11.9. The van der Waals surface area contributed by atoms with E-state index in [0.29, 0.717) is 0 Å². The summed E-state index contributed by atoms with van der Waals surface area (Å²) in [4.78, 5) is 0. The van der Waals surface area contributed by atoms with E-state index in [-0.39, 0.29) is 0 Å². The molecule has 0 aromatic carbocycles. The fraction of sp³-hybridized carbons (Fsp3) is 0.947. The molecule has 39 heteroatoms.